The first-order chi connectivity index (χ1) is 12.1. The fourth-order valence-electron chi connectivity index (χ4n) is 3.11. The number of amides is 1. The van der Waals surface area contributed by atoms with E-state index in [4.69, 9.17) is 8.94 Å². The highest BCUT2D eigenvalue weighted by Crippen LogP contribution is 2.13. The van der Waals surface area contributed by atoms with Crippen LogP contribution in [-0.4, -0.2) is 46.6 Å². The highest BCUT2D eigenvalue weighted by Gasteiger charge is 2.22. The molecule has 0 bridgehead atoms. The van der Waals surface area contributed by atoms with Crippen molar-refractivity contribution in [3.05, 3.63) is 35.9 Å². The van der Waals surface area contributed by atoms with Crippen LogP contribution in [0.5, 0.6) is 0 Å². The number of nitrogens with one attached hydrogen (secondary N) is 2. The first-order valence-electron chi connectivity index (χ1n) is 8.68. The lowest BCUT2D eigenvalue weighted by atomic mass is 10.1. The summed E-state index contributed by atoms with van der Waals surface area (Å²) in [5, 5.41) is 10.2. The van der Waals surface area contributed by atoms with Crippen molar-refractivity contribution in [2.24, 2.45) is 0 Å². The molecule has 0 aliphatic carbocycles. The van der Waals surface area contributed by atoms with Gasteiger partial charge >= 0.3 is 0 Å². The number of furan rings is 1. The Kier molecular flexibility index (Phi) is 5.83. The molecule has 8 nitrogen and oxygen atoms in total. The summed E-state index contributed by atoms with van der Waals surface area (Å²) >= 11 is 0. The second-order valence-electron chi connectivity index (χ2n) is 6.49. The molecule has 0 radical (unpaired) electrons. The van der Waals surface area contributed by atoms with Gasteiger partial charge in [-0.2, -0.15) is 4.98 Å². The molecule has 2 atom stereocenters. The summed E-state index contributed by atoms with van der Waals surface area (Å²) < 4.78 is 10.3. The van der Waals surface area contributed by atoms with E-state index in [-0.39, 0.29) is 18.0 Å². The zero-order valence-corrected chi connectivity index (χ0v) is 14.7. The smallest absolute Gasteiger partial charge is 0.234 e. The minimum atomic E-state index is -0.131. The van der Waals surface area contributed by atoms with E-state index in [9.17, 15) is 4.79 Å². The number of carbonyl (C=O) groups is 1. The summed E-state index contributed by atoms with van der Waals surface area (Å²) in [6, 6.07) is 3.83. The van der Waals surface area contributed by atoms with Crippen LogP contribution < -0.4 is 10.6 Å². The van der Waals surface area contributed by atoms with Gasteiger partial charge in [0.15, 0.2) is 5.82 Å². The lowest BCUT2D eigenvalue weighted by Gasteiger charge is -2.32. The Balaban J connectivity index is 1.40. The molecule has 1 amide bonds. The number of carbonyl (C=O) groups excluding carboxylic acids is 1. The van der Waals surface area contributed by atoms with Gasteiger partial charge in [0, 0.05) is 19.5 Å². The molecule has 1 aliphatic rings. The molecule has 1 saturated heterocycles. The number of piperidine rings is 1. The van der Waals surface area contributed by atoms with Crippen LogP contribution in [0.1, 0.15) is 43.3 Å². The fourth-order valence-corrected chi connectivity index (χ4v) is 3.11. The number of hydrogen-bond donors (Lipinski definition) is 2. The van der Waals surface area contributed by atoms with E-state index < -0.39 is 0 Å². The predicted molar refractivity (Wildman–Crippen MR) is 90.6 cm³/mol. The number of likely N-dealkylation sites (tertiary alicyclic amines) is 1. The van der Waals surface area contributed by atoms with Crippen LogP contribution in [0.2, 0.25) is 0 Å². The molecule has 0 saturated carbocycles. The maximum absolute atomic E-state index is 12.1. The largest absolute Gasteiger partial charge is 0.467 e. The van der Waals surface area contributed by atoms with Crippen LogP contribution in [0.3, 0.4) is 0 Å². The summed E-state index contributed by atoms with van der Waals surface area (Å²) in [5.41, 5.74) is 0. The second kappa shape index (κ2) is 8.26. The number of aromatic nitrogens is 2. The van der Waals surface area contributed by atoms with E-state index in [1.165, 1.54) is 0 Å². The van der Waals surface area contributed by atoms with Crippen LogP contribution in [0.4, 0.5) is 0 Å². The van der Waals surface area contributed by atoms with Crippen molar-refractivity contribution in [3.63, 3.8) is 0 Å². The Bertz CT molecular complexity index is 670. The van der Waals surface area contributed by atoms with E-state index in [0.717, 1.165) is 31.7 Å². The molecule has 3 rings (SSSR count). The maximum Gasteiger partial charge on any atom is 0.234 e. The van der Waals surface area contributed by atoms with Crippen molar-refractivity contribution < 1.29 is 13.7 Å². The van der Waals surface area contributed by atoms with Crippen LogP contribution >= 0.6 is 0 Å². The Labute approximate surface area is 146 Å². The molecular formula is C17H25N5O3. The van der Waals surface area contributed by atoms with Gasteiger partial charge in [0.1, 0.15) is 5.76 Å². The zero-order valence-electron chi connectivity index (χ0n) is 14.7. The van der Waals surface area contributed by atoms with E-state index in [2.05, 4.69) is 25.7 Å². The minimum absolute atomic E-state index is 0.0326. The van der Waals surface area contributed by atoms with E-state index in [1.54, 1.807) is 13.2 Å². The molecule has 0 aromatic carbocycles. The molecule has 2 aromatic heterocycles. The van der Waals surface area contributed by atoms with Gasteiger partial charge in [0.2, 0.25) is 11.8 Å². The SMILES string of the molecule is Cc1nc(CN2CCC[C@H](NCC(=O)N[C@@H](C)c3ccco3)C2)no1. The molecule has 2 aromatic rings. The van der Waals surface area contributed by atoms with Gasteiger partial charge in [0.25, 0.3) is 0 Å². The van der Waals surface area contributed by atoms with Gasteiger partial charge in [-0.3, -0.25) is 9.69 Å². The quantitative estimate of drug-likeness (QED) is 0.781. The molecule has 8 heteroatoms. The number of rotatable bonds is 7. The third kappa shape index (κ3) is 5.14. The summed E-state index contributed by atoms with van der Waals surface area (Å²) in [7, 11) is 0. The van der Waals surface area contributed by atoms with Gasteiger partial charge < -0.3 is 19.6 Å². The van der Waals surface area contributed by atoms with Crippen LogP contribution in [0.15, 0.2) is 27.3 Å². The van der Waals surface area contributed by atoms with Crippen molar-refractivity contribution in [2.75, 3.05) is 19.6 Å². The Morgan fingerprint density at radius 1 is 1.52 bits per heavy atom. The first-order valence-corrected chi connectivity index (χ1v) is 8.68. The summed E-state index contributed by atoms with van der Waals surface area (Å²) in [4.78, 5) is 18.6. The van der Waals surface area contributed by atoms with Crippen molar-refractivity contribution in [1.29, 1.82) is 0 Å². The number of hydrogen-bond acceptors (Lipinski definition) is 7. The monoisotopic (exact) mass is 347 g/mol. The molecule has 1 fully saturated rings. The standard InChI is InChI=1S/C17H25N5O3/c1-12(15-6-4-8-24-15)19-17(23)9-18-14-5-3-7-22(10-14)11-16-20-13(2)25-21-16/h4,6,8,12,14,18H,3,5,7,9-11H2,1-2H3,(H,19,23)/t12-,14-/m0/s1. The van der Waals surface area contributed by atoms with Crippen LogP contribution in [-0.2, 0) is 11.3 Å². The Hall–Kier alpha value is -2.19. The van der Waals surface area contributed by atoms with Gasteiger partial charge in [-0.05, 0) is 38.4 Å². The van der Waals surface area contributed by atoms with Gasteiger partial charge in [-0.1, -0.05) is 5.16 Å². The number of aryl methyl sites for hydroxylation is 1. The summed E-state index contributed by atoms with van der Waals surface area (Å²) in [5.74, 6) is 2.02. The molecule has 0 unspecified atom stereocenters. The van der Waals surface area contributed by atoms with E-state index >= 15 is 0 Å². The average molecular weight is 347 g/mol. The highest BCUT2D eigenvalue weighted by molar-refractivity contribution is 5.78. The number of nitrogens with zero attached hydrogens (tertiary/aromatic N) is 3. The molecule has 136 valence electrons. The normalized spacial score (nSPS) is 19.7. The first kappa shape index (κ1) is 17.6. The van der Waals surface area contributed by atoms with Crippen LogP contribution in [0, 0.1) is 6.92 Å². The molecule has 0 spiro atoms. The average Bonchev–Trinajstić information content (AvgIpc) is 3.25. The van der Waals surface area contributed by atoms with Crippen molar-refractivity contribution in [2.45, 2.75) is 45.3 Å². The summed E-state index contributed by atoms with van der Waals surface area (Å²) in [6.07, 6.45) is 3.75. The second-order valence-corrected chi connectivity index (χ2v) is 6.49. The van der Waals surface area contributed by atoms with E-state index in [1.807, 2.05) is 19.1 Å². The molecule has 25 heavy (non-hydrogen) atoms. The van der Waals surface area contributed by atoms with Crippen molar-refractivity contribution in [3.8, 4) is 0 Å². The Morgan fingerprint density at radius 2 is 2.40 bits per heavy atom. The molecule has 2 N–H and O–H groups in total. The van der Waals surface area contributed by atoms with Crippen molar-refractivity contribution >= 4 is 5.91 Å². The highest BCUT2D eigenvalue weighted by atomic mass is 16.5. The van der Waals surface area contributed by atoms with Gasteiger partial charge in [-0.25, -0.2) is 0 Å². The molecule has 3 heterocycles. The molecule has 1 aliphatic heterocycles. The van der Waals surface area contributed by atoms with Crippen molar-refractivity contribution in [1.82, 2.24) is 25.7 Å². The minimum Gasteiger partial charge on any atom is -0.467 e. The Morgan fingerprint density at radius 3 is 3.12 bits per heavy atom. The van der Waals surface area contributed by atoms with Gasteiger partial charge in [0.05, 0.1) is 25.4 Å². The van der Waals surface area contributed by atoms with E-state index in [0.29, 0.717) is 24.8 Å². The topological polar surface area (TPSA) is 96.4 Å². The lowest BCUT2D eigenvalue weighted by Crippen LogP contribution is -2.48. The lowest BCUT2D eigenvalue weighted by molar-refractivity contribution is -0.121. The van der Waals surface area contributed by atoms with Crippen LogP contribution in [0.25, 0.3) is 0 Å². The summed E-state index contributed by atoms with van der Waals surface area (Å²) in [6.45, 7) is 6.55. The van der Waals surface area contributed by atoms with Gasteiger partial charge in [-0.15, -0.1) is 0 Å². The molecular weight excluding hydrogens is 322 g/mol. The maximum atomic E-state index is 12.1. The predicted octanol–water partition coefficient (Wildman–Crippen LogP) is 1.40. The fraction of sp³-hybridized carbons (Fsp3) is 0.588. The third-order valence-electron chi connectivity index (χ3n) is 4.34. The third-order valence-corrected chi connectivity index (χ3v) is 4.34. The zero-order chi connectivity index (χ0) is 17.6.